The minimum Gasteiger partial charge on any atom is -0.376 e. The number of benzene rings is 2. The molecule has 1 aliphatic heterocycles. The Hall–Kier alpha value is -2.33. The van der Waals surface area contributed by atoms with Gasteiger partial charge in [0, 0.05) is 25.8 Å². The summed E-state index contributed by atoms with van der Waals surface area (Å²) in [5.74, 6) is 0.0969. The molecule has 24 heavy (non-hydrogen) atoms. The standard InChI is InChI=1S/C20H25N3O/c1-22(19(24)16-21-18-12-6-3-7-13-18)20(23-14-8-9-15-23)17-10-4-2-5-11-17/h2-7,10-13,20-21H,8-9,14-16H2,1H3. The minimum atomic E-state index is 0.0128. The van der Waals surface area contributed by atoms with Crippen LogP contribution < -0.4 is 5.32 Å². The summed E-state index contributed by atoms with van der Waals surface area (Å²) in [5, 5.41) is 3.21. The first-order chi connectivity index (χ1) is 11.8. The Kier molecular flexibility index (Phi) is 5.49. The van der Waals surface area contributed by atoms with E-state index in [1.807, 2.05) is 60.5 Å². The molecular weight excluding hydrogens is 298 g/mol. The third-order valence-corrected chi connectivity index (χ3v) is 4.56. The van der Waals surface area contributed by atoms with E-state index in [0.717, 1.165) is 18.8 Å². The molecule has 2 aromatic carbocycles. The summed E-state index contributed by atoms with van der Waals surface area (Å²) in [4.78, 5) is 17.0. The van der Waals surface area contributed by atoms with Crippen LogP contribution in [-0.2, 0) is 4.79 Å². The van der Waals surface area contributed by atoms with Crippen molar-refractivity contribution in [1.82, 2.24) is 9.80 Å². The van der Waals surface area contributed by atoms with Crippen LogP contribution in [0, 0.1) is 0 Å². The van der Waals surface area contributed by atoms with Gasteiger partial charge in [-0.15, -0.1) is 0 Å². The molecular formula is C20H25N3O. The maximum Gasteiger partial charge on any atom is 0.243 e. The van der Waals surface area contributed by atoms with Crippen LogP contribution in [0.2, 0.25) is 0 Å². The summed E-state index contributed by atoms with van der Waals surface area (Å²) in [6, 6.07) is 20.2. The van der Waals surface area contributed by atoms with Gasteiger partial charge in [0.1, 0.15) is 6.17 Å². The van der Waals surface area contributed by atoms with Crippen molar-refractivity contribution < 1.29 is 4.79 Å². The zero-order valence-corrected chi connectivity index (χ0v) is 14.2. The molecule has 1 amide bonds. The predicted octanol–water partition coefficient (Wildman–Crippen LogP) is 3.35. The molecule has 4 heteroatoms. The largest absolute Gasteiger partial charge is 0.376 e. The number of likely N-dealkylation sites (tertiary alicyclic amines) is 1. The fourth-order valence-electron chi connectivity index (χ4n) is 3.29. The van der Waals surface area contributed by atoms with Crippen LogP contribution in [-0.4, -0.2) is 42.4 Å². The van der Waals surface area contributed by atoms with E-state index in [-0.39, 0.29) is 12.1 Å². The van der Waals surface area contributed by atoms with Gasteiger partial charge in [0.15, 0.2) is 0 Å². The van der Waals surface area contributed by atoms with Gasteiger partial charge in [-0.3, -0.25) is 9.69 Å². The molecule has 2 aromatic rings. The van der Waals surface area contributed by atoms with Crippen molar-refractivity contribution in [2.45, 2.75) is 19.0 Å². The summed E-state index contributed by atoms with van der Waals surface area (Å²) in [6.07, 6.45) is 2.42. The molecule has 1 heterocycles. The quantitative estimate of drug-likeness (QED) is 0.885. The number of anilines is 1. The molecule has 3 rings (SSSR count). The van der Waals surface area contributed by atoms with Crippen LogP contribution in [0.4, 0.5) is 5.69 Å². The molecule has 0 aromatic heterocycles. The Bertz CT molecular complexity index is 638. The summed E-state index contributed by atoms with van der Waals surface area (Å²) in [5.41, 5.74) is 2.15. The Labute approximate surface area is 144 Å². The number of nitrogens with zero attached hydrogens (tertiary/aromatic N) is 2. The Balaban J connectivity index is 1.70. The molecule has 126 valence electrons. The van der Waals surface area contributed by atoms with E-state index in [0.29, 0.717) is 6.54 Å². The van der Waals surface area contributed by atoms with Gasteiger partial charge in [0.25, 0.3) is 0 Å². The van der Waals surface area contributed by atoms with Crippen molar-refractivity contribution in [1.29, 1.82) is 0 Å². The van der Waals surface area contributed by atoms with E-state index >= 15 is 0 Å². The zero-order valence-electron chi connectivity index (χ0n) is 14.2. The van der Waals surface area contributed by atoms with Crippen molar-refractivity contribution in [3.63, 3.8) is 0 Å². The van der Waals surface area contributed by atoms with Gasteiger partial charge >= 0.3 is 0 Å². The predicted molar refractivity (Wildman–Crippen MR) is 97.7 cm³/mol. The fraction of sp³-hybridized carbons (Fsp3) is 0.350. The molecule has 4 nitrogen and oxygen atoms in total. The van der Waals surface area contributed by atoms with Crippen molar-refractivity contribution in [2.24, 2.45) is 0 Å². The van der Waals surface area contributed by atoms with Crippen LogP contribution in [0.1, 0.15) is 24.6 Å². The summed E-state index contributed by atoms with van der Waals surface area (Å²) >= 11 is 0. The number of carbonyl (C=O) groups is 1. The summed E-state index contributed by atoms with van der Waals surface area (Å²) in [6.45, 7) is 2.39. The third kappa shape index (κ3) is 3.95. The number of hydrogen-bond acceptors (Lipinski definition) is 3. The summed E-state index contributed by atoms with van der Waals surface area (Å²) < 4.78 is 0. The molecule has 1 N–H and O–H groups in total. The van der Waals surface area contributed by atoms with Crippen molar-refractivity contribution in [3.05, 3.63) is 66.2 Å². The third-order valence-electron chi connectivity index (χ3n) is 4.56. The number of likely N-dealkylation sites (N-methyl/N-ethyl adjacent to an activating group) is 1. The Morgan fingerprint density at radius 1 is 1.04 bits per heavy atom. The Morgan fingerprint density at radius 2 is 1.62 bits per heavy atom. The highest BCUT2D eigenvalue weighted by Crippen LogP contribution is 2.27. The molecule has 1 atom stereocenters. The number of carbonyl (C=O) groups excluding carboxylic acids is 1. The topological polar surface area (TPSA) is 35.6 Å². The van der Waals surface area contributed by atoms with E-state index in [4.69, 9.17) is 0 Å². The van der Waals surface area contributed by atoms with Crippen LogP contribution in [0.5, 0.6) is 0 Å². The maximum atomic E-state index is 12.7. The van der Waals surface area contributed by atoms with Crippen LogP contribution in [0.15, 0.2) is 60.7 Å². The SMILES string of the molecule is CN(C(=O)CNc1ccccc1)C(c1ccccc1)N1CCCC1. The Morgan fingerprint density at radius 3 is 2.25 bits per heavy atom. The smallest absolute Gasteiger partial charge is 0.243 e. The van der Waals surface area contributed by atoms with Crippen molar-refractivity contribution in [3.8, 4) is 0 Å². The summed E-state index contributed by atoms with van der Waals surface area (Å²) in [7, 11) is 1.91. The second-order valence-corrected chi connectivity index (χ2v) is 6.25. The number of nitrogens with one attached hydrogen (secondary N) is 1. The zero-order chi connectivity index (χ0) is 16.8. The molecule has 0 bridgehead atoms. The molecule has 0 saturated carbocycles. The first-order valence-electron chi connectivity index (χ1n) is 8.59. The first-order valence-corrected chi connectivity index (χ1v) is 8.59. The van der Waals surface area contributed by atoms with Crippen LogP contribution >= 0.6 is 0 Å². The maximum absolute atomic E-state index is 12.7. The second-order valence-electron chi connectivity index (χ2n) is 6.25. The van der Waals surface area contributed by atoms with Crippen LogP contribution in [0.25, 0.3) is 0 Å². The average molecular weight is 323 g/mol. The first kappa shape index (κ1) is 16.5. The van der Waals surface area contributed by atoms with Gasteiger partial charge in [-0.2, -0.15) is 0 Å². The molecule has 1 fully saturated rings. The van der Waals surface area contributed by atoms with E-state index in [9.17, 15) is 4.79 Å². The molecule has 1 aliphatic rings. The highest BCUT2D eigenvalue weighted by atomic mass is 16.2. The van der Waals surface area contributed by atoms with Crippen molar-refractivity contribution >= 4 is 11.6 Å². The number of rotatable bonds is 6. The molecule has 0 aliphatic carbocycles. The average Bonchev–Trinajstić information content (AvgIpc) is 3.16. The van der Waals surface area contributed by atoms with E-state index in [2.05, 4.69) is 22.3 Å². The second kappa shape index (κ2) is 7.97. The van der Waals surface area contributed by atoms with Gasteiger partial charge in [-0.05, 0) is 30.5 Å². The fourth-order valence-corrected chi connectivity index (χ4v) is 3.29. The highest BCUT2D eigenvalue weighted by Gasteiger charge is 2.29. The number of para-hydroxylation sites is 1. The lowest BCUT2D eigenvalue weighted by Gasteiger charge is -2.35. The lowest BCUT2D eigenvalue weighted by atomic mass is 10.1. The van der Waals surface area contributed by atoms with Gasteiger partial charge in [-0.25, -0.2) is 0 Å². The van der Waals surface area contributed by atoms with Gasteiger partial charge < -0.3 is 10.2 Å². The van der Waals surface area contributed by atoms with E-state index in [1.54, 1.807) is 0 Å². The number of hydrogen-bond donors (Lipinski definition) is 1. The van der Waals surface area contributed by atoms with Gasteiger partial charge in [0.2, 0.25) is 5.91 Å². The molecule has 1 unspecified atom stereocenters. The van der Waals surface area contributed by atoms with E-state index in [1.165, 1.54) is 18.4 Å². The lowest BCUT2D eigenvalue weighted by Crippen LogP contribution is -2.43. The van der Waals surface area contributed by atoms with E-state index < -0.39 is 0 Å². The van der Waals surface area contributed by atoms with Gasteiger partial charge in [-0.1, -0.05) is 48.5 Å². The normalized spacial score (nSPS) is 15.9. The van der Waals surface area contributed by atoms with Crippen LogP contribution in [0.3, 0.4) is 0 Å². The van der Waals surface area contributed by atoms with Crippen molar-refractivity contribution in [2.75, 3.05) is 32.0 Å². The number of amides is 1. The monoisotopic (exact) mass is 323 g/mol. The lowest BCUT2D eigenvalue weighted by molar-refractivity contribution is -0.133. The van der Waals surface area contributed by atoms with Gasteiger partial charge in [0.05, 0.1) is 6.54 Å². The molecule has 0 spiro atoms. The molecule has 1 saturated heterocycles. The highest BCUT2D eigenvalue weighted by molar-refractivity contribution is 5.81. The minimum absolute atomic E-state index is 0.0128. The molecule has 0 radical (unpaired) electrons.